The van der Waals surface area contributed by atoms with E-state index >= 15 is 0 Å². The zero-order valence-corrected chi connectivity index (χ0v) is 10.3. The van der Waals surface area contributed by atoms with Crippen molar-refractivity contribution in [1.29, 1.82) is 5.26 Å². The Balaban J connectivity index is 2.57. The summed E-state index contributed by atoms with van der Waals surface area (Å²) >= 11 is 5.93. The number of nitriles is 1. The summed E-state index contributed by atoms with van der Waals surface area (Å²) < 4.78 is 0. The molecule has 0 heterocycles. The third-order valence-electron chi connectivity index (χ3n) is 2.08. The molecular weight excluding hydrogens is 238 g/mol. The van der Waals surface area contributed by atoms with Crippen molar-refractivity contribution in [3.05, 3.63) is 28.8 Å². The van der Waals surface area contributed by atoms with Gasteiger partial charge in [0.25, 0.3) is 0 Å². The van der Waals surface area contributed by atoms with Crippen LogP contribution in [-0.2, 0) is 4.79 Å². The highest BCUT2D eigenvalue weighted by Crippen LogP contribution is 2.22. The van der Waals surface area contributed by atoms with Crippen LogP contribution >= 0.6 is 11.6 Å². The van der Waals surface area contributed by atoms with Crippen molar-refractivity contribution < 1.29 is 4.79 Å². The average Bonchev–Trinajstić information content (AvgIpc) is 2.32. The number of hydrogen-bond acceptors (Lipinski definition) is 3. The van der Waals surface area contributed by atoms with E-state index in [2.05, 4.69) is 10.6 Å². The second-order valence-electron chi connectivity index (χ2n) is 3.53. The SMILES string of the molecule is CCCNCC(=O)Nc1ccc(C#N)cc1Cl. The van der Waals surface area contributed by atoms with Crippen molar-refractivity contribution in [2.24, 2.45) is 0 Å². The summed E-state index contributed by atoms with van der Waals surface area (Å²) in [5.41, 5.74) is 0.992. The van der Waals surface area contributed by atoms with E-state index in [-0.39, 0.29) is 12.5 Å². The van der Waals surface area contributed by atoms with Crippen LogP contribution in [0.15, 0.2) is 18.2 Å². The van der Waals surface area contributed by atoms with Gasteiger partial charge in [0.2, 0.25) is 5.91 Å². The summed E-state index contributed by atoms with van der Waals surface area (Å²) in [5.74, 6) is -0.148. The molecule has 0 aliphatic heterocycles. The van der Waals surface area contributed by atoms with Gasteiger partial charge in [0, 0.05) is 0 Å². The molecule has 5 heteroatoms. The Kier molecular flexibility index (Phi) is 5.47. The molecule has 0 fully saturated rings. The molecule has 0 atom stereocenters. The summed E-state index contributed by atoms with van der Waals surface area (Å²) in [7, 11) is 0. The van der Waals surface area contributed by atoms with Crippen molar-refractivity contribution in [1.82, 2.24) is 5.32 Å². The second kappa shape index (κ2) is 6.89. The maximum Gasteiger partial charge on any atom is 0.238 e. The van der Waals surface area contributed by atoms with Crippen molar-refractivity contribution >= 4 is 23.2 Å². The second-order valence-corrected chi connectivity index (χ2v) is 3.94. The third-order valence-corrected chi connectivity index (χ3v) is 2.40. The summed E-state index contributed by atoms with van der Waals surface area (Å²) in [6.45, 7) is 3.08. The smallest absolute Gasteiger partial charge is 0.238 e. The van der Waals surface area contributed by atoms with Gasteiger partial charge in [-0.05, 0) is 31.2 Å². The highest BCUT2D eigenvalue weighted by atomic mass is 35.5. The van der Waals surface area contributed by atoms with Gasteiger partial charge in [0.05, 0.1) is 28.9 Å². The molecule has 1 aromatic rings. The summed E-state index contributed by atoms with van der Waals surface area (Å²) in [6.07, 6.45) is 0.977. The molecule has 17 heavy (non-hydrogen) atoms. The number of anilines is 1. The third kappa shape index (κ3) is 4.43. The highest BCUT2D eigenvalue weighted by Gasteiger charge is 2.05. The van der Waals surface area contributed by atoms with E-state index in [9.17, 15) is 4.79 Å². The number of amides is 1. The van der Waals surface area contributed by atoms with Gasteiger partial charge in [-0.25, -0.2) is 0 Å². The van der Waals surface area contributed by atoms with Crippen LogP contribution in [0.5, 0.6) is 0 Å². The largest absolute Gasteiger partial charge is 0.324 e. The Bertz CT molecular complexity index is 440. The van der Waals surface area contributed by atoms with Gasteiger partial charge in [-0.2, -0.15) is 5.26 Å². The molecule has 0 spiro atoms. The molecule has 1 amide bonds. The molecule has 2 N–H and O–H groups in total. The first kappa shape index (κ1) is 13.5. The number of rotatable bonds is 5. The fourth-order valence-corrected chi connectivity index (χ4v) is 1.49. The van der Waals surface area contributed by atoms with E-state index in [0.717, 1.165) is 13.0 Å². The van der Waals surface area contributed by atoms with Crippen LogP contribution in [0.3, 0.4) is 0 Å². The predicted molar refractivity (Wildman–Crippen MR) is 68.0 cm³/mol. The van der Waals surface area contributed by atoms with E-state index < -0.39 is 0 Å². The van der Waals surface area contributed by atoms with E-state index in [4.69, 9.17) is 16.9 Å². The normalized spacial score (nSPS) is 9.71. The van der Waals surface area contributed by atoms with Gasteiger partial charge < -0.3 is 10.6 Å². The Hall–Kier alpha value is -1.57. The Morgan fingerprint density at radius 3 is 2.88 bits per heavy atom. The van der Waals surface area contributed by atoms with Crippen LogP contribution < -0.4 is 10.6 Å². The molecule has 1 rings (SSSR count). The fourth-order valence-electron chi connectivity index (χ4n) is 1.26. The standard InChI is InChI=1S/C12H14ClN3O/c1-2-5-15-8-12(17)16-11-4-3-9(7-14)6-10(11)13/h3-4,6,15H,2,5,8H2,1H3,(H,16,17). The van der Waals surface area contributed by atoms with Crippen LogP contribution in [0.1, 0.15) is 18.9 Å². The monoisotopic (exact) mass is 251 g/mol. The molecule has 1 aromatic carbocycles. The lowest BCUT2D eigenvalue weighted by Crippen LogP contribution is -2.28. The lowest BCUT2D eigenvalue weighted by atomic mass is 10.2. The van der Waals surface area contributed by atoms with Crippen molar-refractivity contribution in [3.8, 4) is 6.07 Å². The molecule has 0 saturated heterocycles. The van der Waals surface area contributed by atoms with Crippen LogP contribution in [-0.4, -0.2) is 19.0 Å². The average molecular weight is 252 g/mol. The Morgan fingerprint density at radius 2 is 2.29 bits per heavy atom. The van der Waals surface area contributed by atoms with Crippen LogP contribution in [0.25, 0.3) is 0 Å². The first-order valence-corrected chi connectivity index (χ1v) is 5.75. The summed E-state index contributed by atoms with van der Waals surface area (Å²) in [6, 6.07) is 6.74. The molecule has 0 aliphatic rings. The maximum atomic E-state index is 11.5. The predicted octanol–water partition coefficient (Wildman–Crippen LogP) is 2.15. The number of carbonyl (C=O) groups is 1. The molecular formula is C12H14ClN3O. The highest BCUT2D eigenvalue weighted by molar-refractivity contribution is 6.33. The Labute approximate surface area is 106 Å². The van der Waals surface area contributed by atoms with Crippen LogP contribution in [0.2, 0.25) is 5.02 Å². The minimum atomic E-state index is -0.148. The molecule has 90 valence electrons. The van der Waals surface area contributed by atoms with Gasteiger partial charge in [0.1, 0.15) is 0 Å². The van der Waals surface area contributed by atoms with Crippen LogP contribution in [0, 0.1) is 11.3 Å². The minimum absolute atomic E-state index is 0.148. The lowest BCUT2D eigenvalue weighted by Gasteiger charge is -2.07. The summed E-state index contributed by atoms with van der Waals surface area (Å²) in [4.78, 5) is 11.5. The molecule has 0 saturated carbocycles. The van der Waals surface area contributed by atoms with E-state index in [1.54, 1.807) is 12.1 Å². The quantitative estimate of drug-likeness (QED) is 0.788. The van der Waals surface area contributed by atoms with E-state index in [1.165, 1.54) is 6.07 Å². The van der Waals surface area contributed by atoms with Crippen molar-refractivity contribution in [3.63, 3.8) is 0 Å². The van der Waals surface area contributed by atoms with E-state index in [0.29, 0.717) is 16.3 Å². The first-order valence-electron chi connectivity index (χ1n) is 5.37. The zero-order valence-electron chi connectivity index (χ0n) is 9.59. The number of nitrogens with zero attached hydrogens (tertiary/aromatic N) is 1. The lowest BCUT2D eigenvalue weighted by molar-refractivity contribution is -0.115. The van der Waals surface area contributed by atoms with E-state index in [1.807, 2.05) is 13.0 Å². The fraction of sp³-hybridized carbons (Fsp3) is 0.333. The number of hydrogen-bond donors (Lipinski definition) is 2. The van der Waals surface area contributed by atoms with Gasteiger partial charge >= 0.3 is 0 Å². The molecule has 0 aromatic heterocycles. The van der Waals surface area contributed by atoms with Gasteiger partial charge in [-0.1, -0.05) is 18.5 Å². The van der Waals surface area contributed by atoms with Crippen LogP contribution in [0.4, 0.5) is 5.69 Å². The molecule has 0 radical (unpaired) electrons. The number of benzene rings is 1. The molecule has 0 unspecified atom stereocenters. The number of carbonyl (C=O) groups excluding carboxylic acids is 1. The van der Waals surface area contributed by atoms with Gasteiger partial charge in [0.15, 0.2) is 0 Å². The summed E-state index contributed by atoms with van der Waals surface area (Å²) in [5, 5.41) is 14.7. The minimum Gasteiger partial charge on any atom is -0.324 e. The topological polar surface area (TPSA) is 64.9 Å². The molecule has 4 nitrogen and oxygen atoms in total. The van der Waals surface area contributed by atoms with Gasteiger partial charge in [-0.15, -0.1) is 0 Å². The number of halogens is 1. The van der Waals surface area contributed by atoms with Crippen molar-refractivity contribution in [2.75, 3.05) is 18.4 Å². The molecule has 0 aliphatic carbocycles. The first-order chi connectivity index (χ1) is 8.17. The number of nitrogens with one attached hydrogen (secondary N) is 2. The van der Waals surface area contributed by atoms with Gasteiger partial charge in [-0.3, -0.25) is 4.79 Å². The van der Waals surface area contributed by atoms with Crippen molar-refractivity contribution in [2.45, 2.75) is 13.3 Å². The molecule has 0 bridgehead atoms. The Morgan fingerprint density at radius 1 is 1.53 bits per heavy atom. The maximum absolute atomic E-state index is 11.5. The zero-order chi connectivity index (χ0) is 12.7.